The molecule has 0 aliphatic rings. The molecule has 0 aliphatic heterocycles. The lowest BCUT2D eigenvalue weighted by molar-refractivity contribution is 0.851. The summed E-state index contributed by atoms with van der Waals surface area (Å²) < 4.78 is 0. The lowest BCUT2D eigenvalue weighted by atomic mass is 10.4. The van der Waals surface area contributed by atoms with Gasteiger partial charge in [0.2, 0.25) is 0 Å². The average Bonchev–Trinajstić information content (AvgIpc) is 2.35. The van der Waals surface area contributed by atoms with Gasteiger partial charge in [0.05, 0.1) is 12.5 Å². The molecule has 1 aromatic heterocycles. The van der Waals surface area contributed by atoms with Gasteiger partial charge in [0, 0.05) is 19.7 Å². The van der Waals surface area contributed by atoms with Crippen LogP contribution in [0.1, 0.15) is 6.42 Å². The van der Waals surface area contributed by atoms with Crippen LogP contribution in [0.3, 0.4) is 0 Å². The number of nitriles is 1. The van der Waals surface area contributed by atoms with Crippen LogP contribution in [-0.4, -0.2) is 29.8 Å². The Bertz CT molecular complexity index is 366. The summed E-state index contributed by atoms with van der Waals surface area (Å²) in [4.78, 5) is 10.4. The highest BCUT2D eigenvalue weighted by Gasteiger charge is 2.07. The summed E-state index contributed by atoms with van der Waals surface area (Å²) >= 11 is 1.44. The van der Waals surface area contributed by atoms with Crippen molar-refractivity contribution in [3.05, 3.63) is 6.07 Å². The number of nitrogens with zero attached hydrogens (tertiary/aromatic N) is 4. The number of hydrazine groups is 1. The monoisotopic (exact) mass is 238 g/mol. The molecule has 1 aromatic rings. The molecule has 0 fully saturated rings. The first-order chi connectivity index (χ1) is 7.71. The molecule has 16 heavy (non-hydrogen) atoms. The highest BCUT2D eigenvalue weighted by Crippen LogP contribution is 2.18. The van der Waals surface area contributed by atoms with Gasteiger partial charge in [0.1, 0.15) is 11.6 Å². The van der Waals surface area contributed by atoms with E-state index in [4.69, 9.17) is 11.1 Å². The highest BCUT2D eigenvalue weighted by molar-refractivity contribution is 7.98. The lowest BCUT2D eigenvalue weighted by Crippen LogP contribution is -2.20. The van der Waals surface area contributed by atoms with Crippen LogP contribution in [0.5, 0.6) is 0 Å². The van der Waals surface area contributed by atoms with Gasteiger partial charge in [-0.05, 0) is 6.26 Å². The minimum absolute atomic E-state index is 0.459. The van der Waals surface area contributed by atoms with Crippen LogP contribution < -0.4 is 16.2 Å². The second-order valence-electron chi connectivity index (χ2n) is 3.07. The number of nitrogen functional groups attached to an aromatic ring is 1. The summed E-state index contributed by atoms with van der Waals surface area (Å²) in [5, 5.41) is 9.17. The van der Waals surface area contributed by atoms with E-state index in [1.807, 2.05) is 18.2 Å². The summed E-state index contributed by atoms with van der Waals surface area (Å²) in [6, 6.07) is 3.84. The van der Waals surface area contributed by atoms with Gasteiger partial charge in [0.25, 0.3) is 0 Å². The second-order valence-corrected chi connectivity index (χ2v) is 3.85. The number of thioether (sulfide) groups is 1. The molecule has 0 bridgehead atoms. The Morgan fingerprint density at radius 3 is 2.94 bits per heavy atom. The molecule has 0 atom stereocenters. The van der Waals surface area contributed by atoms with Crippen molar-refractivity contribution >= 4 is 23.4 Å². The van der Waals surface area contributed by atoms with Crippen LogP contribution in [-0.2, 0) is 0 Å². The largest absolute Gasteiger partial charge is 0.358 e. The third-order valence-corrected chi connectivity index (χ3v) is 2.52. The second kappa shape index (κ2) is 6.15. The van der Waals surface area contributed by atoms with E-state index >= 15 is 0 Å². The molecule has 0 saturated carbocycles. The molecule has 86 valence electrons. The zero-order chi connectivity index (χ0) is 12.0. The van der Waals surface area contributed by atoms with Gasteiger partial charge in [0.15, 0.2) is 5.16 Å². The smallest absolute Gasteiger partial charge is 0.191 e. The van der Waals surface area contributed by atoms with E-state index in [9.17, 15) is 0 Å². The third kappa shape index (κ3) is 3.25. The first-order valence-electron chi connectivity index (χ1n) is 4.69. The van der Waals surface area contributed by atoms with Gasteiger partial charge in [-0.3, -0.25) is 0 Å². The van der Waals surface area contributed by atoms with E-state index < -0.39 is 0 Å². The topological polar surface area (TPSA) is 90.9 Å². The number of hydrogen-bond acceptors (Lipinski definition) is 7. The standard InChI is InChI=1S/C9H14N6S/c1-15(5-3-4-10)8-6-7(14-11)12-9(13-8)16-2/h6H,3,5,11H2,1-2H3,(H,12,13,14). The van der Waals surface area contributed by atoms with Crippen LogP contribution in [0.25, 0.3) is 0 Å². The summed E-state index contributed by atoms with van der Waals surface area (Å²) in [6.07, 6.45) is 2.36. The van der Waals surface area contributed by atoms with E-state index in [-0.39, 0.29) is 0 Å². The minimum atomic E-state index is 0.459. The van der Waals surface area contributed by atoms with Gasteiger partial charge >= 0.3 is 0 Å². The Morgan fingerprint density at radius 2 is 2.38 bits per heavy atom. The van der Waals surface area contributed by atoms with Gasteiger partial charge in [-0.2, -0.15) is 5.26 Å². The Balaban J connectivity index is 2.90. The van der Waals surface area contributed by atoms with Crippen LogP contribution in [0.15, 0.2) is 11.2 Å². The average molecular weight is 238 g/mol. The summed E-state index contributed by atoms with van der Waals surface area (Å²) in [5.74, 6) is 6.64. The maximum atomic E-state index is 8.52. The Labute approximate surface area is 98.8 Å². The first kappa shape index (κ1) is 12.5. The van der Waals surface area contributed by atoms with E-state index in [1.165, 1.54) is 11.8 Å². The third-order valence-electron chi connectivity index (χ3n) is 1.97. The number of aromatic nitrogens is 2. The van der Waals surface area contributed by atoms with Crippen LogP contribution in [0.4, 0.5) is 11.6 Å². The maximum Gasteiger partial charge on any atom is 0.191 e. The molecule has 0 spiro atoms. The summed E-state index contributed by atoms with van der Waals surface area (Å²) in [6.45, 7) is 0.630. The zero-order valence-corrected chi connectivity index (χ0v) is 10.1. The van der Waals surface area contributed by atoms with Crippen molar-refractivity contribution in [2.24, 2.45) is 5.84 Å². The van der Waals surface area contributed by atoms with Crippen LogP contribution in [0, 0.1) is 11.3 Å². The van der Waals surface area contributed by atoms with E-state index in [0.29, 0.717) is 23.9 Å². The number of nitrogens with one attached hydrogen (secondary N) is 1. The minimum Gasteiger partial charge on any atom is -0.358 e. The van der Waals surface area contributed by atoms with Gasteiger partial charge in [-0.1, -0.05) is 11.8 Å². The molecule has 0 amide bonds. The molecule has 0 saturated heterocycles. The quantitative estimate of drug-likeness (QED) is 0.340. The van der Waals surface area contributed by atoms with Crippen molar-refractivity contribution < 1.29 is 0 Å². The normalized spacial score (nSPS) is 9.62. The fraction of sp³-hybridized carbons (Fsp3) is 0.444. The fourth-order valence-electron chi connectivity index (χ4n) is 1.11. The van der Waals surface area contributed by atoms with Crippen molar-refractivity contribution in [2.45, 2.75) is 11.6 Å². The number of rotatable bonds is 5. The van der Waals surface area contributed by atoms with E-state index in [0.717, 1.165) is 5.82 Å². The van der Waals surface area contributed by atoms with E-state index in [2.05, 4.69) is 21.5 Å². The predicted molar refractivity (Wildman–Crippen MR) is 65.1 cm³/mol. The molecule has 7 heteroatoms. The first-order valence-corrected chi connectivity index (χ1v) is 5.91. The molecule has 6 nitrogen and oxygen atoms in total. The molecule has 3 N–H and O–H groups in total. The maximum absolute atomic E-state index is 8.52. The molecule has 0 radical (unpaired) electrons. The Kier molecular flexibility index (Phi) is 4.82. The lowest BCUT2D eigenvalue weighted by Gasteiger charge is -2.17. The molecule has 0 aliphatic carbocycles. The van der Waals surface area contributed by atoms with Gasteiger partial charge in [-0.25, -0.2) is 15.8 Å². The van der Waals surface area contributed by atoms with Crippen molar-refractivity contribution in [3.63, 3.8) is 0 Å². The zero-order valence-electron chi connectivity index (χ0n) is 9.27. The number of hydrogen-bond donors (Lipinski definition) is 2. The Hall–Kier alpha value is -1.52. The molecule has 1 heterocycles. The predicted octanol–water partition coefficient (Wildman–Crippen LogP) is 0.834. The number of nitrogens with two attached hydrogens (primary N) is 1. The highest BCUT2D eigenvalue weighted by atomic mass is 32.2. The summed E-state index contributed by atoms with van der Waals surface area (Å²) in [7, 11) is 1.88. The SMILES string of the molecule is CSc1nc(NN)cc(N(C)CCC#N)n1. The van der Waals surface area contributed by atoms with Crippen molar-refractivity contribution in [2.75, 3.05) is 30.2 Å². The van der Waals surface area contributed by atoms with Crippen LogP contribution >= 0.6 is 11.8 Å². The van der Waals surface area contributed by atoms with Gasteiger partial charge < -0.3 is 10.3 Å². The fourth-order valence-corrected chi connectivity index (χ4v) is 1.48. The molecule has 0 aromatic carbocycles. The van der Waals surface area contributed by atoms with Crippen molar-refractivity contribution in [1.29, 1.82) is 5.26 Å². The van der Waals surface area contributed by atoms with Crippen LogP contribution in [0.2, 0.25) is 0 Å². The summed E-state index contributed by atoms with van der Waals surface area (Å²) in [5.41, 5.74) is 2.50. The van der Waals surface area contributed by atoms with Crippen molar-refractivity contribution in [1.82, 2.24) is 9.97 Å². The Morgan fingerprint density at radius 1 is 1.62 bits per heavy atom. The molecule has 0 unspecified atom stereocenters. The van der Waals surface area contributed by atoms with Gasteiger partial charge in [-0.15, -0.1) is 0 Å². The number of anilines is 2. The van der Waals surface area contributed by atoms with Crippen molar-refractivity contribution in [3.8, 4) is 6.07 Å². The molecular formula is C9H14N6S. The molecule has 1 rings (SSSR count). The van der Waals surface area contributed by atoms with E-state index in [1.54, 1.807) is 6.07 Å². The molecular weight excluding hydrogens is 224 g/mol.